The minimum atomic E-state index is -0.475. The Morgan fingerprint density at radius 3 is 2.68 bits per heavy atom. The fourth-order valence-corrected chi connectivity index (χ4v) is 3.56. The van der Waals surface area contributed by atoms with Crippen molar-refractivity contribution < 1.29 is 9.63 Å². The van der Waals surface area contributed by atoms with Gasteiger partial charge in [-0.15, -0.1) is 0 Å². The number of nitrogens with zero attached hydrogens (tertiary/aromatic N) is 2. The summed E-state index contributed by atoms with van der Waals surface area (Å²) in [7, 11) is 2.07. The van der Waals surface area contributed by atoms with Gasteiger partial charge in [-0.25, -0.2) is 4.79 Å². The number of hydrogen-bond acceptors (Lipinski definition) is 3. The summed E-state index contributed by atoms with van der Waals surface area (Å²) >= 11 is 5.85. The number of aryl methyl sites for hydroxylation is 1. The van der Waals surface area contributed by atoms with Crippen molar-refractivity contribution in [2.45, 2.75) is 19.3 Å². The molecular weight excluding hydrogens is 336 g/mol. The molecule has 0 saturated heterocycles. The molecular formula is C20H17ClN2O2. The van der Waals surface area contributed by atoms with Crippen LogP contribution in [0.1, 0.15) is 34.5 Å². The maximum Gasteiger partial charge on any atom is 0.365 e. The van der Waals surface area contributed by atoms with E-state index in [1.807, 2.05) is 12.1 Å². The van der Waals surface area contributed by atoms with E-state index < -0.39 is 5.97 Å². The van der Waals surface area contributed by atoms with Crippen molar-refractivity contribution in [1.29, 1.82) is 0 Å². The molecule has 2 aromatic carbocycles. The molecule has 3 aromatic rings. The summed E-state index contributed by atoms with van der Waals surface area (Å²) in [6, 6.07) is 14.8. The van der Waals surface area contributed by atoms with Gasteiger partial charge in [0.25, 0.3) is 0 Å². The van der Waals surface area contributed by atoms with Crippen molar-refractivity contribution in [2.75, 3.05) is 0 Å². The molecule has 1 aliphatic rings. The summed E-state index contributed by atoms with van der Waals surface area (Å²) in [5.41, 5.74) is 4.79. The summed E-state index contributed by atoms with van der Waals surface area (Å²) in [5, 5.41) is 5.94. The van der Waals surface area contributed by atoms with Crippen LogP contribution in [0.4, 0.5) is 0 Å². The molecule has 1 heterocycles. The molecule has 0 amide bonds. The Bertz CT molecular complexity index is 987. The molecule has 25 heavy (non-hydrogen) atoms. The van der Waals surface area contributed by atoms with Crippen LogP contribution in [0.3, 0.4) is 0 Å². The number of rotatable bonds is 2. The second-order valence-corrected chi connectivity index (χ2v) is 6.61. The summed E-state index contributed by atoms with van der Waals surface area (Å²) < 4.78 is 2.21. The first-order valence-electron chi connectivity index (χ1n) is 8.25. The second-order valence-electron chi connectivity index (χ2n) is 6.18. The first kappa shape index (κ1) is 15.9. The number of carbonyl (C=O) groups excluding carboxylic acids is 1. The zero-order valence-corrected chi connectivity index (χ0v) is 14.6. The van der Waals surface area contributed by atoms with Gasteiger partial charge in [0, 0.05) is 34.2 Å². The SMILES string of the molecule is Cn1c2c(c3ccccc31)/C(=N\OC(=O)c1ccc(Cl)cc1)CCC2. The van der Waals surface area contributed by atoms with Gasteiger partial charge in [-0.1, -0.05) is 35.0 Å². The average molecular weight is 353 g/mol. The van der Waals surface area contributed by atoms with Gasteiger partial charge in [0.05, 0.1) is 11.3 Å². The van der Waals surface area contributed by atoms with Crippen LogP contribution in [-0.4, -0.2) is 16.2 Å². The zero-order chi connectivity index (χ0) is 17.4. The van der Waals surface area contributed by atoms with Crippen LogP contribution in [0, 0.1) is 0 Å². The third-order valence-corrected chi connectivity index (χ3v) is 4.91. The quantitative estimate of drug-likeness (QED) is 0.494. The van der Waals surface area contributed by atoms with Crippen molar-refractivity contribution in [1.82, 2.24) is 4.57 Å². The van der Waals surface area contributed by atoms with E-state index in [1.165, 1.54) is 11.2 Å². The van der Waals surface area contributed by atoms with Crippen molar-refractivity contribution in [3.8, 4) is 0 Å². The van der Waals surface area contributed by atoms with Gasteiger partial charge in [-0.05, 0) is 49.6 Å². The summed E-state index contributed by atoms with van der Waals surface area (Å²) in [6.07, 6.45) is 2.80. The lowest BCUT2D eigenvalue weighted by molar-refractivity contribution is 0.0515. The first-order valence-corrected chi connectivity index (χ1v) is 8.63. The van der Waals surface area contributed by atoms with Gasteiger partial charge >= 0.3 is 5.97 Å². The number of para-hydroxylation sites is 1. The molecule has 0 aliphatic heterocycles. The van der Waals surface area contributed by atoms with Gasteiger partial charge in [0.1, 0.15) is 0 Å². The smallest absolute Gasteiger partial charge is 0.347 e. The predicted molar refractivity (Wildman–Crippen MR) is 99.3 cm³/mol. The van der Waals surface area contributed by atoms with E-state index in [0.29, 0.717) is 10.6 Å². The van der Waals surface area contributed by atoms with Gasteiger partial charge in [0.15, 0.2) is 0 Å². The number of halogens is 1. The van der Waals surface area contributed by atoms with Crippen LogP contribution in [0.25, 0.3) is 10.9 Å². The van der Waals surface area contributed by atoms with Gasteiger partial charge in [-0.3, -0.25) is 0 Å². The lowest BCUT2D eigenvalue weighted by Crippen LogP contribution is -2.14. The average Bonchev–Trinajstić information content (AvgIpc) is 2.94. The third kappa shape index (κ3) is 2.83. The van der Waals surface area contributed by atoms with Crippen molar-refractivity contribution in [2.24, 2.45) is 12.2 Å². The highest BCUT2D eigenvalue weighted by Crippen LogP contribution is 2.31. The van der Waals surface area contributed by atoms with E-state index in [9.17, 15) is 4.79 Å². The molecule has 0 N–H and O–H groups in total. The Hall–Kier alpha value is -2.59. The molecule has 5 heteroatoms. The summed E-state index contributed by atoms with van der Waals surface area (Å²) in [4.78, 5) is 17.4. The molecule has 1 aliphatic carbocycles. The van der Waals surface area contributed by atoms with Crippen molar-refractivity contribution in [3.05, 3.63) is 70.4 Å². The van der Waals surface area contributed by atoms with E-state index >= 15 is 0 Å². The molecule has 1 aromatic heterocycles. The highest BCUT2D eigenvalue weighted by atomic mass is 35.5. The lowest BCUT2D eigenvalue weighted by atomic mass is 9.93. The number of benzene rings is 2. The molecule has 0 radical (unpaired) electrons. The fraction of sp³-hybridized carbons (Fsp3) is 0.200. The van der Waals surface area contributed by atoms with E-state index in [-0.39, 0.29) is 0 Å². The predicted octanol–water partition coefficient (Wildman–Crippen LogP) is 4.73. The van der Waals surface area contributed by atoms with Gasteiger partial charge in [-0.2, -0.15) is 0 Å². The van der Waals surface area contributed by atoms with E-state index in [1.54, 1.807) is 24.3 Å². The number of oxime groups is 1. The standard InChI is InChI=1S/C20H17ClN2O2/c1-23-17-7-3-2-5-15(17)19-16(6-4-8-18(19)23)22-25-20(24)13-9-11-14(21)12-10-13/h2-3,5,7,9-12H,4,6,8H2,1H3/b22-16-. The highest BCUT2D eigenvalue weighted by Gasteiger charge is 2.24. The summed E-state index contributed by atoms with van der Waals surface area (Å²) in [5.74, 6) is -0.475. The van der Waals surface area contributed by atoms with E-state index in [2.05, 4.69) is 28.9 Å². The minimum Gasteiger partial charge on any atom is -0.347 e. The van der Waals surface area contributed by atoms with Crippen LogP contribution in [-0.2, 0) is 18.3 Å². The van der Waals surface area contributed by atoms with Crippen molar-refractivity contribution in [3.63, 3.8) is 0 Å². The normalized spacial score (nSPS) is 15.4. The van der Waals surface area contributed by atoms with Crippen LogP contribution in [0.5, 0.6) is 0 Å². The molecule has 0 atom stereocenters. The Labute approximate surface area is 150 Å². The molecule has 0 unspecified atom stereocenters. The molecule has 0 saturated carbocycles. The lowest BCUT2D eigenvalue weighted by Gasteiger charge is -2.15. The number of hydrogen-bond donors (Lipinski definition) is 0. The van der Waals surface area contributed by atoms with Crippen LogP contribution in [0.2, 0.25) is 5.02 Å². The Balaban J connectivity index is 1.69. The number of carbonyl (C=O) groups is 1. The third-order valence-electron chi connectivity index (χ3n) is 4.66. The van der Waals surface area contributed by atoms with Crippen LogP contribution < -0.4 is 0 Å². The van der Waals surface area contributed by atoms with Gasteiger partial charge in [0.2, 0.25) is 0 Å². The molecule has 126 valence electrons. The number of fused-ring (bicyclic) bond motifs is 3. The maximum atomic E-state index is 12.2. The molecule has 0 spiro atoms. The Morgan fingerprint density at radius 1 is 1.12 bits per heavy atom. The molecule has 4 nitrogen and oxygen atoms in total. The monoisotopic (exact) mass is 352 g/mol. The topological polar surface area (TPSA) is 43.6 Å². The molecule has 0 fully saturated rings. The minimum absolute atomic E-state index is 0.433. The zero-order valence-electron chi connectivity index (χ0n) is 13.8. The first-order chi connectivity index (χ1) is 12.1. The van der Waals surface area contributed by atoms with Crippen molar-refractivity contribution >= 4 is 34.2 Å². The molecule has 0 bridgehead atoms. The van der Waals surface area contributed by atoms with E-state index in [4.69, 9.17) is 16.4 Å². The van der Waals surface area contributed by atoms with Crippen LogP contribution >= 0.6 is 11.6 Å². The van der Waals surface area contributed by atoms with Crippen LogP contribution in [0.15, 0.2) is 53.7 Å². The largest absolute Gasteiger partial charge is 0.365 e. The Morgan fingerprint density at radius 2 is 1.88 bits per heavy atom. The molecule has 4 rings (SSSR count). The van der Waals surface area contributed by atoms with E-state index in [0.717, 1.165) is 35.9 Å². The maximum absolute atomic E-state index is 12.2. The summed E-state index contributed by atoms with van der Waals surface area (Å²) in [6.45, 7) is 0. The second kappa shape index (κ2) is 6.37. The van der Waals surface area contributed by atoms with Gasteiger partial charge < -0.3 is 9.40 Å². The fourth-order valence-electron chi connectivity index (χ4n) is 3.44. The Kier molecular flexibility index (Phi) is 4.06. The highest BCUT2D eigenvalue weighted by molar-refractivity contribution is 6.30. The number of aromatic nitrogens is 1.